The van der Waals surface area contributed by atoms with E-state index in [9.17, 15) is 9.59 Å². The van der Waals surface area contributed by atoms with Crippen molar-refractivity contribution in [2.45, 2.75) is 0 Å². The minimum Gasteiger partial charge on any atom is -0.423 e. The van der Waals surface area contributed by atoms with E-state index in [0.717, 1.165) is 5.08 Å². The van der Waals surface area contributed by atoms with Crippen molar-refractivity contribution < 1.29 is 19.1 Å². The van der Waals surface area contributed by atoms with Crippen LogP contribution < -0.4 is 9.47 Å². The Balaban J connectivity index is 1.79. The van der Waals surface area contributed by atoms with E-state index < -0.39 is 11.9 Å². The molecule has 6 heteroatoms. The lowest BCUT2D eigenvalue weighted by Crippen LogP contribution is -2.24. The van der Waals surface area contributed by atoms with Crippen LogP contribution in [0.4, 0.5) is 0 Å². The normalized spacial score (nSPS) is 13.0. The number of hydrogen-bond donors (Lipinski definition) is 0. The lowest BCUT2D eigenvalue weighted by atomic mass is 10.3. The van der Waals surface area contributed by atoms with Crippen LogP contribution >= 0.6 is 23.5 Å². The highest BCUT2D eigenvalue weighted by atomic mass is 32.3. The third-order valence-corrected chi connectivity index (χ3v) is 5.48. The number of thioether (sulfide) groups is 2. The SMILES string of the molecule is O=C(Oc1ccccc1)C(C(=O)Oc1ccccc1)=C1SCS1. The van der Waals surface area contributed by atoms with Crippen molar-refractivity contribution in [1.29, 1.82) is 0 Å². The Labute approximate surface area is 141 Å². The fourth-order valence-electron chi connectivity index (χ4n) is 1.81. The van der Waals surface area contributed by atoms with Crippen molar-refractivity contribution in [1.82, 2.24) is 0 Å². The zero-order valence-electron chi connectivity index (χ0n) is 11.9. The van der Waals surface area contributed by atoms with Gasteiger partial charge in [-0.05, 0) is 24.3 Å². The van der Waals surface area contributed by atoms with Crippen LogP contribution in [0.15, 0.2) is 70.5 Å². The average molecular weight is 344 g/mol. The van der Waals surface area contributed by atoms with Gasteiger partial charge >= 0.3 is 11.9 Å². The maximum atomic E-state index is 12.4. The van der Waals surface area contributed by atoms with Gasteiger partial charge in [0.2, 0.25) is 0 Å². The molecule has 3 rings (SSSR count). The van der Waals surface area contributed by atoms with E-state index in [4.69, 9.17) is 9.47 Å². The van der Waals surface area contributed by atoms with Gasteiger partial charge in [-0.25, -0.2) is 9.59 Å². The number of carbonyl (C=O) groups excluding carboxylic acids is 2. The quantitative estimate of drug-likeness (QED) is 0.276. The first-order valence-corrected chi connectivity index (χ1v) is 8.75. The molecule has 1 saturated heterocycles. The van der Waals surface area contributed by atoms with E-state index in [1.807, 2.05) is 12.1 Å². The number of hydrogen-bond acceptors (Lipinski definition) is 6. The van der Waals surface area contributed by atoms with E-state index in [0.29, 0.717) is 15.7 Å². The second kappa shape index (κ2) is 7.39. The highest BCUT2D eigenvalue weighted by Crippen LogP contribution is 2.45. The Hall–Kier alpha value is -2.18. The molecule has 0 bridgehead atoms. The summed E-state index contributed by atoms with van der Waals surface area (Å²) >= 11 is 2.86. The largest absolute Gasteiger partial charge is 0.423 e. The molecule has 1 aliphatic rings. The third-order valence-electron chi connectivity index (χ3n) is 2.90. The number of benzene rings is 2. The zero-order valence-corrected chi connectivity index (χ0v) is 13.6. The summed E-state index contributed by atoms with van der Waals surface area (Å²) in [7, 11) is 0. The van der Waals surface area contributed by atoms with E-state index in [1.165, 1.54) is 23.5 Å². The molecule has 0 N–H and O–H groups in total. The summed E-state index contributed by atoms with van der Waals surface area (Å²) in [6.07, 6.45) is 0. The second-order valence-electron chi connectivity index (χ2n) is 4.47. The summed E-state index contributed by atoms with van der Waals surface area (Å²) in [6, 6.07) is 17.3. The molecule has 1 aliphatic heterocycles. The summed E-state index contributed by atoms with van der Waals surface area (Å²) in [5.41, 5.74) is -0.0565. The number of carbonyl (C=O) groups is 2. The van der Waals surface area contributed by atoms with Gasteiger partial charge in [0.1, 0.15) is 11.5 Å². The number of para-hydroxylation sites is 2. The monoisotopic (exact) mass is 344 g/mol. The van der Waals surface area contributed by atoms with Crippen molar-refractivity contribution >= 4 is 35.5 Å². The first-order valence-electron chi connectivity index (χ1n) is 6.78. The highest BCUT2D eigenvalue weighted by Gasteiger charge is 2.31. The fourth-order valence-corrected chi connectivity index (χ4v) is 3.37. The molecule has 0 atom stereocenters. The van der Waals surface area contributed by atoms with Crippen LogP contribution in [0, 0.1) is 0 Å². The Morgan fingerprint density at radius 3 is 1.52 bits per heavy atom. The molecule has 0 saturated carbocycles. The molecule has 2 aromatic carbocycles. The predicted octanol–water partition coefficient (Wildman–Crippen LogP) is 3.85. The van der Waals surface area contributed by atoms with Crippen molar-refractivity contribution in [3.05, 3.63) is 70.5 Å². The average Bonchev–Trinajstić information content (AvgIpc) is 2.52. The fraction of sp³-hybridized carbons (Fsp3) is 0.0588. The maximum Gasteiger partial charge on any atom is 0.352 e. The van der Waals surface area contributed by atoms with Crippen molar-refractivity contribution in [2.75, 3.05) is 5.08 Å². The molecule has 23 heavy (non-hydrogen) atoms. The second-order valence-corrected chi connectivity index (χ2v) is 7.07. The molecule has 0 unspecified atom stereocenters. The van der Waals surface area contributed by atoms with Gasteiger partial charge in [0, 0.05) is 5.08 Å². The molecule has 0 spiro atoms. The van der Waals surface area contributed by atoms with Gasteiger partial charge in [0.15, 0.2) is 5.57 Å². The van der Waals surface area contributed by atoms with Gasteiger partial charge in [0.05, 0.1) is 4.24 Å². The Kier molecular flexibility index (Phi) is 5.05. The van der Waals surface area contributed by atoms with Crippen molar-refractivity contribution in [3.63, 3.8) is 0 Å². The topological polar surface area (TPSA) is 52.6 Å². The molecule has 1 fully saturated rings. The first-order chi connectivity index (χ1) is 11.2. The molecule has 2 aromatic rings. The van der Waals surface area contributed by atoms with Crippen LogP contribution in [0.1, 0.15) is 0 Å². The van der Waals surface area contributed by atoms with Crippen LogP contribution in [0.2, 0.25) is 0 Å². The van der Waals surface area contributed by atoms with Crippen LogP contribution in [-0.4, -0.2) is 17.0 Å². The van der Waals surface area contributed by atoms with Gasteiger partial charge < -0.3 is 9.47 Å². The molecule has 0 radical (unpaired) electrons. The molecule has 0 amide bonds. The molecular weight excluding hydrogens is 332 g/mol. The summed E-state index contributed by atoms with van der Waals surface area (Å²) < 4.78 is 11.2. The molecule has 4 nitrogen and oxygen atoms in total. The number of esters is 2. The van der Waals surface area contributed by atoms with Gasteiger partial charge in [-0.2, -0.15) is 0 Å². The lowest BCUT2D eigenvalue weighted by molar-refractivity contribution is -0.137. The predicted molar refractivity (Wildman–Crippen MR) is 91.2 cm³/mol. The van der Waals surface area contributed by atoms with Crippen molar-refractivity contribution in [3.8, 4) is 11.5 Å². The summed E-state index contributed by atoms with van der Waals surface area (Å²) in [5.74, 6) is -0.631. The summed E-state index contributed by atoms with van der Waals surface area (Å²) in [5, 5.41) is 0.802. The van der Waals surface area contributed by atoms with Crippen LogP contribution in [0.5, 0.6) is 11.5 Å². The Bertz CT molecular complexity index is 680. The minimum atomic E-state index is -0.702. The highest BCUT2D eigenvalue weighted by molar-refractivity contribution is 8.37. The molecule has 1 heterocycles. The maximum absolute atomic E-state index is 12.4. The molecule has 0 aromatic heterocycles. The Morgan fingerprint density at radius 1 is 0.739 bits per heavy atom. The molecule has 0 aliphatic carbocycles. The van der Waals surface area contributed by atoms with E-state index in [-0.39, 0.29) is 5.57 Å². The molecule has 116 valence electrons. The Morgan fingerprint density at radius 2 is 1.17 bits per heavy atom. The first kappa shape index (κ1) is 15.7. The van der Waals surface area contributed by atoms with Crippen LogP contribution in [0.3, 0.4) is 0 Å². The van der Waals surface area contributed by atoms with Gasteiger partial charge in [0.25, 0.3) is 0 Å². The van der Waals surface area contributed by atoms with Gasteiger partial charge in [-0.3, -0.25) is 0 Å². The standard InChI is InChI=1S/C17H12O4S2/c18-15(20-12-7-3-1-4-8-12)14(17-22-11-23-17)16(19)21-13-9-5-2-6-10-13/h1-10H,11H2. The van der Waals surface area contributed by atoms with E-state index in [1.54, 1.807) is 48.5 Å². The van der Waals surface area contributed by atoms with E-state index in [2.05, 4.69) is 0 Å². The van der Waals surface area contributed by atoms with Crippen molar-refractivity contribution in [2.24, 2.45) is 0 Å². The van der Waals surface area contributed by atoms with Crippen LogP contribution in [-0.2, 0) is 9.59 Å². The minimum absolute atomic E-state index is 0.0565. The number of rotatable bonds is 4. The zero-order chi connectivity index (χ0) is 16.1. The summed E-state index contributed by atoms with van der Waals surface area (Å²) in [6.45, 7) is 0. The van der Waals surface area contributed by atoms with Gasteiger partial charge in [-0.1, -0.05) is 36.4 Å². The van der Waals surface area contributed by atoms with Crippen LogP contribution in [0.25, 0.3) is 0 Å². The molecular formula is C17H12O4S2. The smallest absolute Gasteiger partial charge is 0.352 e. The third kappa shape index (κ3) is 3.97. The summed E-state index contributed by atoms with van der Waals surface area (Å²) in [4.78, 5) is 24.7. The number of ether oxygens (including phenoxy) is 2. The lowest BCUT2D eigenvalue weighted by Gasteiger charge is -2.18. The van der Waals surface area contributed by atoms with Gasteiger partial charge in [-0.15, -0.1) is 23.5 Å². The van der Waals surface area contributed by atoms with E-state index >= 15 is 0 Å².